The van der Waals surface area contributed by atoms with Gasteiger partial charge in [-0.2, -0.15) is 13.2 Å². The fourth-order valence-electron chi connectivity index (χ4n) is 3.38. The van der Waals surface area contributed by atoms with Gasteiger partial charge in [-0.3, -0.25) is 0 Å². The van der Waals surface area contributed by atoms with Gasteiger partial charge in [0.05, 0.1) is 15.7 Å². The van der Waals surface area contributed by atoms with E-state index < -0.39 is 24.5 Å². The third-order valence-corrected chi connectivity index (χ3v) is 5.72. The van der Waals surface area contributed by atoms with Gasteiger partial charge in [0.15, 0.2) is 5.70 Å². The highest BCUT2D eigenvalue weighted by Crippen LogP contribution is 2.45. The second kappa shape index (κ2) is 5.87. The number of allylic oxidation sites excluding steroid dienone is 2. The van der Waals surface area contributed by atoms with Gasteiger partial charge in [0.2, 0.25) is 4.62 Å². The van der Waals surface area contributed by atoms with Crippen molar-refractivity contribution in [2.24, 2.45) is 0 Å². The normalized spacial score (nSPS) is 18.2. The molecule has 11 heteroatoms. The highest BCUT2D eigenvalue weighted by atomic mass is 79.9. The summed E-state index contributed by atoms with van der Waals surface area (Å²) in [5.74, 6) is -1.06. The van der Waals surface area contributed by atoms with E-state index in [-0.39, 0.29) is 31.8 Å². The van der Waals surface area contributed by atoms with Crippen LogP contribution in [0.3, 0.4) is 0 Å². The number of rotatable bonds is 1. The van der Waals surface area contributed by atoms with Gasteiger partial charge >= 0.3 is 13.1 Å². The third-order valence-electron chi connectivity index (χ3n) is 4.43. The number of hydrogen-bond acceptors (Lipinski definition) is 0. The maximum atomic E-state index is 15.1. The highest BCUT2D eigenvalue weighted by molar-refractivity contribution is 9.18. The van der Waals surface area contributed by atoms with Crippen LogP contribution in [0, 0.1) is 5.82 Å². The third kappa shape index (κ3) is 2.66. The summed E-state index contributed by atoms with van der Waals surface area (Å²) in [4.78, 5) is 0. The molecule has 0 saturated heterocycles. The van der Waals surface area contributed by atoms with E-state index in [4.69, 9.17) is 0 Å². The summed E-state index contributed by atoms with van der Waals surface area (Å²) in [7, 11) is 0. The number of halogens is 8. The molecule has 0 saturated carbocycles. The molecule has 2 aliphatic rings. The van der Waals surface area contributed by atoms with Crippen LogP contribution in [-0.2, 0) is 6.18 Å². The molecule has 0 unspecified atom stereocenters. The topological polar surface area (TPSA) is 7.94 Å². The maximum Gasteiger partial charge on any atom is 0.738 e. The minimum absolute atomic E-state index is 0.0157. The van der Waals surface area contributed by atoms with Gasteiger partial charge in [-0.25, -0.2) is 4.39 Å². The molecule has 1 aromatic carbocycles. The van der Waals surface area contributed by atoms with Crippen molar-refractivity contribution in [1.29, 1.82) is 0 Å². The van der Waals surface area contributed by atoms with Gasteiger partial charge in [0.1, 0.15) is 5.82 Å². The van der Waals surface area contributed by atoms with Crippen molar-refractivity contribution in [3.05, 3.63) is 75.4 Å². The Bertz CT molecular complexity index is 1080. The predicted molar refractivity (Wildman–Crippen MR) is 96.3 cm³/mol. The van der Waals surface area contributed by atoms with Gasteiger partial charge in [0.25, 0.3) is 0 Å². The second-order valence-corrected chi connectivity index (χ2v) is 7.60. The Balaban J connectivity index is 2.13. The molecule has 140 valence electrons. The molecule has 0 aliphatic carbocycles. The average Bonchev–Trinajstić information content (AvgIpc) is 3.13. The molecule has 0 amide bonds. The van der Waals surface area contributed by atoms with Crippen LogP contribution in [0.4, 0.5) is 26.2 Å². The van der Waals surface area contributed by atoms with Crippen molar-refractivity contribution < 1.29 is 30.7 Å². The molecule has 27 heavy (non-hydrogen) atoms. The zero-order chi connectivity index (χ0) is 19.7. The minimum atomic E-state index is -4.86. The number of fused-ring (bicyclic) bond motifs is 2. The fourth-order valence-corrected chi connectivity index (χ4v) is 4.52. The molecule has 0 spiro atoms. The SMILES string of the molecule is Fc1ccc(C2=C3C=CC(Br)=[N+]3[B-](F)(F)n3c(Br)ccc32)c(C(F)(F)F)c1. The Morgan fingerprint density at radius 1 is 1.00 bits per heavy atom. The van der Waals surface area contributed by atoms with Gasteiger partial charge in [0, 0.05) is 39.3 Å². The van der Waals surface area contributed by atoms with Crippen molar-refractivity contribution in [1.82, 2.24) is 4.48 Å². The lowest BCUT2D eigenvalue weighted by Crippen LogP contribution is -2.50. The zero-order valence-electron chi connectivity index (χ0n) is 13.0. The second-order valence-electron chi connectivity index (χ2n) is 5.97. The van der Waals surface area contributed by atoms with Crippen molar-refractivity contribution in [2.45, 2.75) is 6.18 Å². The van der Waals surface area contributed by atoms with Crippen molar-refractivity contribution in [3.8, 4) is 0 Å². The van der Waals surface area contributed by atoms with E-state index in [1.165, 1.54) is 24.3 Å². The first kappa shape index (κ1) is 18.6. The summed E-state index contributed by atoms with van der Waals surface area (Å²) in [6.45, 7) is -4.35. The van der Waals surface area contributed by atoms with Crippen LogP contribution in [0.1, 0.15) is 16.8 Å². The molecule has 2 aromatic rings. The first-order valence-electron chi connectivity index (χ1n) is 7.54. The number of hydrogen-bond donors (Lipinski definition) is 0. The predicted octanol–water partition coefficient (Wildman–Crippen LogP) is 5.78. The maximum absolute atomic E-state index is 15.1. The van der Waals surface area contributed by atoms with Crippen LogP contribution in [0.2, 0.25) is 0 Å². The highest BCUT2D eigenvalue weighted by Gasteiger charge is 2.54. The van der Waals surface area contributed by atoms with Crippen molar-refractivity contribution in [3.63, 3.8) is 0 Å². The lowest BCUT2D eigenvalue weighted by Gasteiger charge is -2.32. The van der Waals surface area contributed by atoms with E-state index in [1.54, 1.807) is 0 Å². The fraction of sp³-hybridized carbons (Fsp3) is 0.0625. The summed E-state index contributed by atoms with van der Waals surface area (Å²) < 4.78 is 85.7. The molecule has 3 heterocycles. The molecule has 0 atom stereocenters. The molecule has 2 aliphatic heterocycles. The Hall–Kier alpha value is -1.75. The van der Waals surface area contributed by atoms with E-state index in [9.17, 15) is 17.6 Å². The average molecular weight is 512 g/mol. The van der Waals surface area contributed by atoms with Crippen molar-refractivity contribution >= 4 is 49.0 Å². The smallest absolute Gasteiger partial charge is 0.389 e. The molecule has 0 radical (unpaired) electrons. The van der Waals surface area contributed by atoms with Crippen LogP contribution in [0.15, 0.2) is 52.8 Å². The zero-order valence-corrected chi connectivity index (χ0v) is 16.2. The lowest BCUT2D eigenvalue weighted by molar-refractivity contribution is -0.358. The minimum Gasteiger partial charge on any atom is -0.389 e. The quantitative estimate of drug-likeness (QED) is 0.339. The van der Waals surface area contributed by atoms with Crippen LogP contribution in [0.25, 0.3) is 5.57 Å². The number of alkyl halides is 3. The van der Waals surface area contributed by atoms with Crippen LogP contribution in [-0.4, -0.2) is 20.6 Å². The summed E-state index contributed by atoms with van der Waals surface area (Å²) >= 11 is 6.07. The molecule has 2 nitrogen and oxygen atoms in total. The van der Waals surface area contributed by atoms with Crippen LogP contribution < -0.4 is 0 Å². The van der Waals surface area contributed by atoms with Crippen molar-refractivity contribution in [2.75, 3.05) is 0 Å². The monoisotopic (exact) mass is 510 g/mol. The Morgan fingerprint density at radius 2 is 1.70 bits per heavy atom. The van der Waals surface area contributed by atoms with Gasteiger partial charge in [-0.15, -0.1) is 0 Å². The van der Waals surface area contributed by atoms with Crippen LogP contribution >= 0.6 is 31.9 Å². The molecule has 0 bridgehead atoms. The summed E-state index contributed by atoms with van der Waals surface area (Å²) in [5.41, 5.74) is -1.87. The molecule has 4 rings (SSSR count). The van der Waals surface area contributed by atoms with E-state index >= 15 is 8.63 Å². The summed E-state index contributed by atoms with van der Waals surface area (Å²) in [6, 6.07) is 4.84. The van der Waals surface area contributed by atoms with Crippen LogP contribution in [0.5, 0.6) is 0 Å². The molecule has 1 aromatic heterocycles. The van der Waals surface area contributed by atoms with E-state index in [2.05, 4.69) is 31.9 Å². The lowest BCUT2D eigenvalue weighted by atomic mass is 9.85. The standard InChI is InChI=1S/C16H7BBr2F6N2/c18-13-5-3-11-15(9-2-1-8(20)7-10(9)16(21,22)23)12-4-6-14(19)27(12)17(24,25)26(11)13/h1-7H. The molecular formula is C16H7BBr2F6N2. The Morgan fingerprint density at radius 3 is 2.37 bits per heavy atom. The number of nitrogens with zero attached hydrogens (tertiary/aromatic N) is 2. The molecule has 0 N–H and O–H groups in total. The van der Waals surface area contributed by atoms with Gasteiger partial charge in [-0.1, -0.05) is 6.07 Å². The first-order chi connectivity index (χ1) is 12.5. The summed E-state index contributed by atoms with van der Waals surface area (Å²) in [5, 5.41) is 0. The van der Waals surface area contributed by atoms with E-state index in [1.807, 2.05) is 0 Å². The van der Waals surface area contributed by atoms with Gasteiger partial charge in [-0.05, 0) is 40.2 Å². The molecular weight excluding hydrogens is 505 g/mol. The largest absolute Gasteiger partial charge is 0.738 e. The Kier molecular flexibility index (Phi) is 4.05. The van der Waals surface area contributed by atoms with E-state index in [0.29, 0.717) is 15.0 Å². The first-order valence-corrected chi connectivity index (χ1v) is 9.13. The van der Waals surface area contributed by atoms with Gasteiger partial charge < -0.3 is 17.6 Å². The number of benzene rings is 1. The number of aromatic nitrogens is 1. The van der Waals surface area contributed by atoms with E-state index in [0.717, 1.165) is 12.1 Å². The molecule has 0 fully saturated rings. The Labute approximate surface area is 165 Å². The summed E-state index contributed by atoms with van der Waals surface area (Å²) in [6.07, 6.45) is -2.22.